The average Bonchev–Trinajstić information content (AvgIpc) is 2.67. The summed E-state index contributed by atoms with van der Waals surface area (Å²) >= 11 is 1.84. The van der Waals surface area contributed by atoms with E-state index in [1.54, 1.807) is 0 Å². The summed E-state index contributed by atoms with van der Waals surface area (Å²) in [6.45, 7) is 4.08. The Bertz CT molecular complexity index is 433. The van der Waals surface area contributed by atoms with E-state index >= 15 is 0 Å². The Morgan fingerprint density at radius 1 is 1.27 bits per heavy atom. The van der Waals surface area contributed by atoms with Gasteiger partial charge in [0.15, 0.2) is 5.76 Å². The molecule has 15 heavy (non-hydrogen) atoms. The van der Waals surface area contributed by atoms with Gasteiger partial charge in [0.2, 0.25) is 0 Å². The van der Waals surface area contributed by atoms with Gasteiger partial charge >= 0.3 is 0 Å². The third kappa shape index (κ3) is 2.42. The number of hydrogen-bond acceptors (Lipinski definition) is 3. The van der Waals surface area contributed by atoms with Crippen LogP contribution in [-0.2, 0) is 0 Å². The van der Waals surface area contributed by atoms with Crippen LogP contribution in [0.5, 0.6) is 0 Å². The Morgan fingerprint density at radius 3 is 2.53 bits per heavy atom. The second-order valence-electron chi connectivity index (χ2n) is 3.29. The van der Waals surface area contributed by atoms with Gasteiger partial charge in [-0.3, -0.25) is 0 Å². The molecule has 0 aliphatic carbocycles. The maximum Gasteiger partial charge on any atom is 0.167 e. The van der Waals surface area contributed by atoms with E-state index in [1.807, 2.05) is 24.8 Å². The lowest BCUT2D eigenvalue weighted by atomic mass is 10.2. The Morgan fingerprint density at radius 2 is 2.00 bits per heavy atom. The van der Waals surface area contributed by atoms with E-state index in [9.17, 15) is 0 Å². The van der Waals surface area contributed by atoms with E-state index in [-0.39, 0.29) is 0 Å². The second-order valence-corrected chi connectivity index (χ2v) is 4.63. The number of aromatic nitrogens is 1. The van der Waals surface area contributed by atoms with Crippen LogP contribution in [0, 0.1) is 6.92 Å². The minimum absolute atomic E-state index is 0.834. The molecule has 0 radical (unpaired) electrons. The lowest BCUT2D eigenvalue weighted by Gasteiger charge is -1.99. The Kier molecular flexibility index (Phi) is 3.11. The molecule has 1 aromatic carbocycles. The van der Waals surface area contributed by atoms with Gasteiger partial charge in [-0.2, -0.15) is 0 Å². The van der Waals surface area contributed by atoms with Crippen LogP contribution in [0.4, 0.5) is 0 Å². The summed E-state index contributed by atoms with van der Waals surface area (Å²) in [5, 5.41) is 3.87. The fraction of sp³-hybridized carbons (Fsp3) is 0.250. The number of thioether (sulfide) groups is 1. The molecule has 0 aliphatic rings. The van der Waals surface area contributed by atoms with Crippen LogP contribution >= 0.6 is 11.8 Å². The molecule has 0 aliphatic heterocycles. The highest BCUT2D eigenvalue weighted by atomic mass is 32.2. The number of rotatable bonds is 3. The summed E-state index contributed by atoms with van der Waals surface area (Å²) in [6, 6.07) is 10.3. The minimum atomic E-state index is 0.834. The summed E-state index contributed by atoms with van der Waals surface area (Å²) in [5.74, 6) is 1.93. The van der Waals surface area contributed by atoms with Crippen molar-refractivity contribution in [2.75, 3.05) is 5.75 Å². The highest BCUT2D eigenvalue weighted by molar-refractivity contribution is 7.99. The van der Waals surface area contributed by atoms with Gasteiger partial charge < -0.3 is 4.52 Å². The van der Waals surface area contributed by atoms with Crippen LogP contribution in [0.25, 0.3) is 11.3 Å². The SMILES string of the molecule is CCSc1ccc(-c2cc(C)no2)cc1. The Balaban J connectivity index is 2.23. The number of aryl methyl sites for hydroxylation is 1. The molecule has 0 spiro atoms. The summed E-state index contributed by atoms with van der Waals surface area (Å²) < 4.78 is 5.19. The van der Waals surface area contributed by atoms with Crippen LogP contribution in [0.2, 0.25) is 0 Å². The summed E-state index contributed by atoms with van der Waals surface area (Å²) in [4.78, 5) is 1.29. The fourth-order valence-corrected chi connectivity index (χ4v) is 2.04. The molecule has 0 amide bonds. The third-order valence-corrected chi connectivity index (χ3v) is 2.97. The number of nitrogens with zero attached hydrogens (tertiary/aromatic N) is 1. The van der Waals surface area contributed by atoms with E-state index in [0.29, 0.717) is 0 Å². The van der Waals surface area contributed by atoms with Gasteiger partial charge in [-0.05, 0) is 24.8 Å². The lowest BCUT2D eigenvalue weighted by molar-refractivity contribution is 0.427. The quantitative estimate of drug-likeness (QED) is 0.735. The predicted octanol–water partition coefficient (Wildman–Crippen LogP) is 3.76. The number of hydrogen-bond donors (Lipinski definition) is 0. The van der Waals surface area contributed by atoms with Crippen molar-refractivity contribution < 1.29 is 4.52 Å². The van der Waals surface area contributed by atoms with E-state index < -0.39 is 0 Å². The van der Waals surface area contributed by atoms with Crippen molar-refractivity contribution in [3.8, 4) is 11.3 Å². The zero-order valence-corrected chi connectivity index (χ0v) is 9.67. The summed E-state index contributed by atoms with van der Waals surface area (Å²) in [7, 11) is 0. The first-order valence-electron chi connectivity index (χ1n) is 4.96. The molecule has 0 atom stereocenters. The fourth-order valence-electron chi connectivity index (χ4n) is 1.38. The van der Waals surface area contributed by atoms with E-state index in [2.05, 4.69) is 36.3 Å². The van der Waals surface area contributed by atoms with E-state index in [0.717, 1.165) is 22.8 Å². The summed E-state index contributed by atoms with van der Waals surface area (Å²) in [5.41, 5.74) is 1.99. The maximum atomic E-state index is 5.19. The first-order valence-corrected chi connectivity index (χ1v) is 5.94. The van der Waals surface area contributed by atoms with Gasteiger partial charge in [-0.25, -0.2) is 0 Å². The van der Waals surface area contributed by atoms with Crippen molar-refractivity contribution in [2.45, 2.75) is 18.7 Å². The van der Waals surface area contributed by atoms with Crippen LogP contribution in [0.15, 0.2) is 39.8 Å². The molecule has 3 heteroatoms. The smallest absolute Gasteiger partial charge is 0.167 e. The first kappa shape index (κ1) is 10.3. The zero-order valence-electron chi connectivity index (χ0n) is 8.86. The van der Waals surface area contributed by atoms with Crippen LogP contribution in [-0.4, -0.2) is 10.9 Å². The Hall–Kier alpha value is -1.22. The number of benzene rings is 1. The molecular weight excluding hydrogens is 206 g/mol. The van der Waals surface area contributed by atoms with Gasteiger partial charge in [0.25, 0.3) is 0 Å². The molecule has 0 saturated carbocycles. The molecule has 0 bridgehead atoms. The minimum Gasteiger partial charge on any atom is -0.356 e. The Labute approximate surface area is 93.7 Å². The molecule has 2 rings (SSSR count). The van der Waals surface area contributed by atoms with Gasteiger partial charge in [-0.15, -0.1) is 11.8 Å². The van der Waals surface area contributed by atoms with Crippen molar-refractivity contribution >= 4 is 11.8 Å². The highest BCUT2D eigenvalue weighted by Crippen LogP contribution is 2.24. The molecule has 1 heterocycles. The monoisotopic (exact) mass is 219 g/mol. The molecule has 0 saturated heterocycles. The zero-order chi connectivity index (χ0) is 10.7. The normalized spacial score (nSPS) is 10.5. The van der Waals surface area contributed by atoms with Gasteiger partial charge in [0, 0.05) is 16.5 Å². The first-order chi connectivity index (χ1) is 7.29. The molecular formula is C12H13NOS. The molecule has 1 aromatic heterocycles. The van der Waals surface area contributed by atoms with Crippen LogP contribution in [0.3, 0.4) is 0 Å². The third-order valence-electron chi connectivity index (χ3n) is 2.08. The van der Waals surface area contributed by atoms with Crippen molar-refractivity contribution in [1.82, 2.24) is 5.16 Å². The molecule has 0 fully saturated rings. The molecule has 2 aromatic rings. The van der Waals surface area contributed by atoms with Crippen LogP contribution < -0.4 is 0 Å². The van der Waals surface area contributed by atoms with Crippen molar-refractivity contribution in [3.05, 3.63) is 36.0 Å². The topological polar surface area (TPSA) is 26.0 Å². The van der Waals surface area contributed by atoms with Crippen LogP contribution in [0.1, 0.15) is 12.6 Å². The van der Waals surface area contributed by atoms with E-state index in [1.165, 1.54) is 4.90 Å². The van der Waals surface area contributed by atoms with Gasteiger partial charge in [-0.1, -0.05) is 24.2 Å². The van der Waals surface area contributed by atoms with Gasteiger partial charge in [0.1, 0.15) is 0 Å². The molecule has 78 valence electrons. The molecule has 0 unspecified atom stereocenters. The van der Waals surface area contributed by atoms with Crippen molar-refractivity contribution in [3.63, 3.8) is 0 Å². The van der Waals surface area contributed by atoms with E-state index in [4.69, 9.17) is 4.52 Å². The highest BCUT2D eigenvalue weighted by Gasteiger charge is 2.03. The standard InChI is InChI=1S/C12H13NOS/c1-3-15-11-6-4-10(5-7-11)12-8-9(2)13-14-12/h4-8H,3H2,1-2H3. The molecule has 0 N–H and O–H groups in total. The van der Waals surface area contributed by atoms with Gasteiger partial charge in [0.05, 0.1) is 5.69 Å². The van der Waals surface area contributed by atoms with Crippen molar-refractivity contribution in [1.29, 1.82) is 0 Å². The van der Waals surface area contributed by atoms with Crippen molar-refractivity contribution in [2.24, 2.45) is 0 Å². The predicted molar refractivity (Wildman–Crippen MR) is 63.1 cm³/mol. The molecule has 2 nitrogen and oxygen atoms in total. The largest absolute Gasteiger partial charge is 0.356 e. The second kappa shape index (κ2) is 4.53. The lowest BCUT2D eigenvalue weighted by Crippen LogP contribution is -1.75. The summed E-state index contributed by atoms with van der Waals surface area (Å²) in [6.07, 6.45) is 0. The maximum absolute atomic E-state index is 5.19. The average molecular weight is 219 g/mol.